The van der Waals surface area contributed by atoms with Gasteiger partial charge in [-0.3, -0.25) is 4.99 Å². The van der Waals surface area contributed by atoms with E-state index in [1.54, 1.807) is 0 Å². The van der Waals surface area contributed by atoms with Crippen LogP contribution in [-0.4, -0.2) is 25.2 Å². The lowest BCUT2D eigenvalue weighted by Gasteiger charge is -2.19. The van der Waals surface area contributed by atoms with Crippen molar-refractivity contribution in [3.8, 4) is 0 Å². The van der Waals surface area contributed by atoms with E-state index < -0.39 is 0 Å². The molecule has 1 atom stereocenters. The fourth-order valence-corrected chi connectivity index (χ4v) is 2.14. The van der Waals surface area contributed by atoms with Crippen LogP contribution in [0.2, 0.25) is 0 Å². The van der Waals surface area contributed by atoms with Crippen molar-refractivity contribution in [2.45, 2.75) is 47.1 Å². The fourth-order valence-electron chi connectivity index (χ4n) is 2.14. The Labute approximate surface area is 128 Å². The minimum absolute atomic E-state index is 0.244. The Morgan fingerprint density at radius 1 is 1.29 bits per heavy atom. The van der Waals surface area contributed by atoms with E-state index in [0.717, 1.165) is 18.7 Å². The summed E-state index contributed by atoms with van der Waals surface area (Å²) >= 11 is 0. The normalized spacial score (nSPS) is 13.5. The van der Waals surface area contributed by atoms with Gasteiger partial charge >= 0.3 is 0 Å². The number of aryl methyl sites for hydroxylation is 2. The number of nitrogens with two attached hydrogens (primary N) is 1. The van der Waals surface area contributed by atoms with E-state index in [9.17, 15) is 0 Å². The Bertz CT molecular complexity index is 469. The molecular formula is C17H29N3O. The molecule has 0 radical (unpaired) electrons. The number of benzene rings is 1. The van der Waals surface area contributed by atoms with Crippen LogP contribution >= 0.6 is 0 Å². The number of aliphatic imine (C=N–C) groups is 1. The molecule has 3 N–H and O–H groups in total. The Balaban J connectivity index is 2.50. The number of hydrogen-bond acceptors (Lipinski definition) is 2. The molecule has 4 nitrogen and oxygen atoms in total. The van der Waals surface area contributed by atoms with Crippen LogP contribution in [0.5, 0.6) is 0 Å². The van der Waals surface area contributed by atoms with Gasteiger partial charge in [0.2, 0.25) is 0 Å². The van der Waals surface area contributed by atoms with Gasteiger partial charge in [-0.25, -0.2) is 0 Å². The van der Waals surface area contributed by atoms with Gasteiger partial charge in [-0.2, -0.15) is 0 Å². The second-order valence-electron chi connectivity index (χ2n) is 5.72. The molecule has 0 spiro atoms. The van der Waals surface area contributed by atoms with Crippen LogP contribution in [0.3, 0.4) is 0 Å². The molecule has 0 saturated heterocycles. The maximum Gasteiger partial charge on any atom is 0.193 e. The first-order chi connectivity index (χ1) is 9.93. The summed E-state index contributed by atoms with van der Waals surface area (Å²) < 4.78 is 5.70. The molecule has 1 rings (SSSR count). The molecule has 0 amide bonds. The van der Waals surface area contributed by atoms with E-state index in [2.05, 4.69) is 50.1 Å². The average molecular weight is 291 g/mol. The fraction of sp³-hybridized carbons (Fsp3) is 0.588. The maximum atomic E-state index is 5.93. The minimum Gasteiger partial charge on any atom is -0.378 e. The highest BCUT2D eigenvalue weighted by Gasteiger charge is 2.12. The number of nitrogens with one attached hydrogen (secondary N) is 1. The summed E-state index contributed by atoms with van der Waals surface area (Å²) in [6.45, 7) is 11.9. The standard InChI is InChI=1S/C17H29N3O/c1-6-21-16(12(2)3)9-10-19-17(18)20-15-8-7-13(4)14(5)11-15/h7-8,11-12,16H,6,9-10H2,1-5H3,(H3,18,19,20). The Morgan fingerprint density at radius 2 is 2.00 bits per heavy atom. The highest BCUT2D eigenvalue weighted by atomic mass is 16.5. The second kappa shape index (κ2) is 8.67. The van der Waals surface area contributed by atoms with Gasteiger partial charge in [0.15, 0.2) is 5.96 Å². The zero-order chi connectivity index (χ0) is 15.8. The van der Waals surface area contributed by atoms with Gasteiger partial charge in [-0.05, 0) is 56.4 Å². The van der Waals surface area contributed by atoms with Crippen LogP contribution in [0.1, 0.15) is 38.3 Å². The molecule has 4 heteroatoms. The van der Waals surface area contributed by atoms with Crippen LogP contribution in [0.15, 0.2) is 23.2 Å². The zero-order valence-corrected chi connectivity index (χ0v) is 13.9. The lowest BCUT2D eigenvalue weighted by Crippen LogP contribution is -2.25. The highest BCUT2D eigenvalue weighted by Crippen LogP contribution is 2.14. The average Bonchev–Trinajstić information content (AvgIpc) is 2.42. The van der Waals surface area contributed by atoms with E-state index in [1.165, 1.54) is 11.1 Å². The van der Waals surface area contributed by atoms with Crippen molar-refractivity contribution in [1.29, 1.82) is 0 Å². The lowest BCUT2D eigenvalue weighted by molar-refractivity contribution is 0.0266. The van der Waals surface area contributed by atoms with Crippen LogP contribution in [0, 0.1) is 19.8 Å². The van der Waals surface area contributed by atoms with E-state index in [-0.39, 0.29) is 6.10 Å². The topological polar surface area (TPSA) is 59.6 Å². The van der Waals surface area contributed by atoms with Crippen molar-refractivity contribution in [2.75, 3.05) is 18.5 Å². The van der Waals surface area contributed by atoms with Gasteiger partial charge < -0.3 is 15.8 Å². The molecule has 21 heavy (non-hydrogen) atoms. The number of rotatable bonds is 7. The summed E-state index contributed by atoms with van der Waals surface area (Å²) in [6, 6.07) is 6.17. The minimum atomic E-state index is 0.244. The van der Waals surface area contributed by atoms with Crippen LogP contribution in [-0.2, 0) is 4.74 Å². The SMILES string of the molecule is CCOC(CCN=C(N)Nc1ccc(C)c(C)c1)C(C)C. The molecule has 1 aromatic carbocycles. The smallest absolute Gasteiger partial charge is 0.193 e. The highest BCUT2D eigenvalue weighted by molar-refractivity contribution is 5.92. The predicted molar refractivity (Wildman–Crippen MR) is 90.9 cm³/mol. The quantitative estimate of drug-likeness (QED) is 0.597. The summed E-state index contributed by atoms with van der Waals surface area (Å²) in [5, 5.41) is 3.13. The summed E-state index contributed by atoms with van der Waals surface area (Å²) in [5.74, 6) is 0.950. The van der Waals surface area contributed by atoms with Crippen molar-refractivity contribution in [3.63, 3.8) is 0 Å². The molecule has 0 heterocycles. The Kier molecular flexibility index (Phi) is 7.23. The molecule has 1 unspecified atom stereocenters. The van der Waals surface area contributed by atoms with Gasteiger partial charge in [0.05, 0.1) is 6.10 Å². The zero-order valence-electron chi connectivity index (χ0n) is 13.9. The van der Waals surface area contributed by atoms with Crippen molar-refractivity contribution in [3.05, 3.63) is 29.3 Å². The number of anilines is 1. The molecule has 118 valence electrons. The lowest BCUT2D eigenvalue weighted by atomic mass is 10.0. The van der Waals surface area contributed by atoms with E-state index >= 15 is 0 Å². The van der Waals surface area contributed by atoms with Gasteiger partial charge in [-0.1, -0.05) is 19.9 Å². The first kappa shape index (κ1) is 17.5. The third-order valence-corrected chi connectivity index (χ3v) is 3.60. The number of hydrogen-bond donors (Lipinski definition) is 2. The number of nitrogens with zero attached hydrogens (tertiary/aromatic N) is 1. The van der Waals surface area contributed by atoms with Gasteiger partial charge in [-0.15, -0.1) is 0 Å². The molecule has 0 aromatic heterocycles. The Hall–Kier alpha value is -1.55. The maximum absolute atomic E-state index is 5.93. The van der Waals surface area contributed by atoms with Crippen molar-refractivity contribution in [1.82, 2.24) is 0 Å². The van der Waals surface area contributed by atoms with Gasteiger partial charge in [0.25, 0.3) is 0 Å². The largest absolute Gasteiger partial charge is 0.378 e. The number of ether oxygens (including phenoxy) is 1. The molecule has 0 aliphatic carbocycles. The second-order valence-corrected chi connectivity index (χ2v) is 5.72. The van der Waals surface area contributed by atoms with E-state index in [0.29, 0.717) is 18.4 Å². The number of guanidine groups is 1. The van der Waals surface area contributed by atoms with Crippen molar-refractivity contribution < 1.29 is 4.74 Å². The summed E-state index contributed by atoms with van der Waals surface area (Å²) in [6.07, 6.45) is 1.13. The molecule has 1 aromatic rings. The Morgan fingerprint density at radius 3 is 2.57 bits per heavy atom. The molecule has 0 aliphatic rings. The van der Waals surface area contributed by atoms with E-state index in [1.807, 2.05) is 13.0 Å². The van der Waals surface area contributed by atoms with Crippen molar-refractivity contribution >= 4 is 11.6 Å². The summed E-state index contributed by atoms with van der Waals surface area (Å²) in [5.41, 5.74) is 9.42. The van der Waals surface area contributed by atoms with Gasteiger partial charge in [0, 0.05) is 18.8 Å². The first-order valence-corrected chi connectivity index (χ1v) is 7.69. The summed E-state index contributed by atoms with van der Waals surface area (Å²) in [4.78, 5) is 4.38. The third kappa shape index (κ3) is 6.17. The van der Waals surface area contributed by atoms with Crippen LogP contribution in [0.25, 0.3) is 0 Å². The van der Waals surface area contributed by atoms with Gasteiger partial charge in [0.1, 0.15) is 0 Å². The molecular weight excluding hydrogens is 262 g/mol. The monoisotopic (exact) mass is 291 g/mol. The van der Waals surface area contributed by atoms with Crippen LogP contribution in [0.4, 0.5) is 5.69 Å². The molecule has 0 aliphatic heterocycles. The first-order valence-electron chi connectivity index (χ1n) is 7.69. The third-order valence-electron chi connectivity index (χ3n) is 3.60. The molecule has 0 bridgehead atoms. The van der Waals surface area contributed by atoms with Crippen molar-refractivity contribution in [2.24, 2.45) is 16.6 Å². The predicted octanol–water partition coefficient (Wildman–Crippen LogP) is 3.48. The molecule has 0 saturated carbocycles. The van der Waals surface area contributed by atoms with E-state index in [4.69, 9.17) is 10.5 Å². The van der Waals surface area contributed by atoms with Crippen LogP contribution < -0.4 is 11.1 Å². The molecule has 0 fully saturated rings. The summed E-state index contributed by atoms with van der Waals surface area (Å²) in [7, 11) is 0.